The Labute approximate surface area is 126 Å². The van der Waals surface area contributed by atoms with Crippen LogP contribution in [-0.2, 0) is 6.42 Å². The van der Waals surface area contributed by atoms with E-state index < -0.39 is 0 Å². The summed E-state index contributed by atoms with van der Waals surface area (Å²) in [6.45, 7) is 4.48. The van der Waals surface area contributed by atoms with Crippen LogP contribution < -0.4 is 16.6 Å². The number of aliphatic hydroxyl groups is 1. The molecule has 1 fully saturated rings. The summed E-state index contributed by atoms with van der Waals surface area (Å²) in [5, 5.41) is 13.3. The van der Waals surface area contributed by atoms with Crippen molar-refractivity contribution in [3.8, 4) is 0 Å². The van der Waals surface area contributed by atoms with Gasteiger partial charge in [0.2, 0.25) is 0 Å². The zero-order valence-corrected chi connectivity index (χ0v) is 13.0. The molecule has 5 N–H and O–H groups in total. The van der Waals surface area contributed by atoms with Gasteiger partial charge in [0, 0.05) is 12.5 Å². The van der Waals surface area contributed by atoms with Crippen LogP contribution in [0.4, 0.5) is 11.6 Å². The molecule has 21 heavy (non-hydrogen) atoms. The van der Waals surface area contributed by atoms with E-state index in [1.807, 2.05) is 0 Å². The van der Waals surface area contributed by atoms with Crippen molar-refractivity contribution in [1.29, 1.82) is 0 Å². The highest BCUT2D eigenvalue weighted by atomic mass is 16.3. The molecular weight excluding hydrogens is 266 g/mol. The van der Waals surface area contributed by atoms with Crippen LogP contribution in [0, 0.1) is 5.92 Å². The standard InChI is InChI=1S/C15H27N5O/c1-3-4-12-17-13(9-14(18-12)20-16)19-15(10-21)7-5-11(2)6-8-15/h9,11,21H,3-8,10,16H2,1-2H3,(H2,17,18,19,20). The number of aliphatic hydroxyl groups excluding tert-OH is 1. The van der Waals surface area contributed by atoms with E-state index >= 15 is 0 Å². The molecule has 0 radical (unpaired) electrons. The number of hydrazine groups is 1. The van der Waals surface area contributed by atoms with Crippen LogP contribution in [0.1, 0.15) is 51.8 Å². The molecule has 0 aromatic carbocycles. The van der Waals surface area contributed by atoms with Gasteiger partial charge in [-0.2, -0.15) is 0 Å². The highest BCUT2D eigenvalue weighted by molar-refractivity contribution is 5.48. The monoisotopic (exact) mass is 293 g/mol. The predicted octanol–water partition coefficient (Wildman–Crippen LogP) is 2.07. The fourth-order valence-electron chi connectivity index (χ4n) is 2.88. The third-order valence-electron chi connectivity index (χ3n) is 4.32. The van der Waals surface area contributed by atoms with E-state index in [-0.39, 0.29) is 12.1 Å². The molecular formula is C15H27N5O. The molecule has 1 aromatic heterocycles. The summed E-state index contributed by atoms with van der Waals surface area (Å²) in [5.74, 6) is 8.33. The highest BCUT2D eigenvalue weighted by Crippen LogP contribution is 2.34. The SMILES string of the molecule is CCCc1nc(NN)cc(NC2(CO)CCC(C)CC2)n1. The molecule has 6 nitrogen and oxygen atoms in total. The Hall–Kier alpha value is -1.40. The summed E-state index contributed by atoms with van der Waals surface area (Å²) < 4.78 is 0. The van der Waals surface area contributed by atoms with Crippen LogP contribution in [0.3, 0.4) is 0 Å². The molecule has 0 spiro atoms. The molecule has 1 aliphatic rings. The van der Waals surface area contributed by atoms with Crippen LogP contribution in [0.5, 0.6) is 0 Å². The lowest BCUT2D eigenvalue weighted by molar-refractivity contribution is 0.155. The largest absolute Gasteiger partial charge is 0.394 e. The summed E-state index contributed by atoms with van der Waals surface area (Å²) in [6, 6.07) is 1.80. The van der Waals surface area contributed by atoms with Gasteiger partial charge < -0.3 is 15.8 Å². The summed E-state index contributed by atoms with van der Waals surface area (Å²) in [5.41, 5.74) is 2.32. The topological polar surface area (TPSA) is 96.1 Å². The van der Waals surface area contributed by atoms with Gasteiger partial charge in [0.1, 0.15) is 17.5 Å². The molecule has 6 heteroatoms. The maximum Gasteiger partial charge on any atom is 0.145 e. The van der Waals surface area contributed by atoms with Gasteiger partial charge >= 0.3 is 0 Å². The molecule has 118 valence electrons. The average Bonchev–Trinajstić information content (AvgIpc) is 2.50. The van der Waals surface area contributed by atoms with Crippen molar-refractivity contribution in [1.82, 2.24) is 9.97 Å². The van der Waals surface area contributed by atoms with E-state index in [2.05, 4.69) is 34.6 Å². The minimum absolute atomic E-state index is 0.123. The number of aromatic nitrogens is 2. The molecule has 0 aliphatic heterocycles. The van der Waals surface area contributed by atoms with Crippen LogP contribution in [0.25, 0.3) is 0 Å². The van der Waals surface area contributed by atoms with Gasteiger partial charge in [0.25, 0.3) is 0 Å². The summed E-state index contributed by atoms with van der Waals surface area (Å²) in [6.07, 6.45) is 5.97. The number of nitrogens with one attached hydrogen (secondary N) is 2. The van der Waals surface area contributed by atoms with E-state index in [4.69, 9.17) is 5.84 Å². The fraction of sp³-hybridized carbons (Fsp3) is 0.733. The second-order valence-corrected chi connectivity index (χ2v) is 6.19. The number of aryl methyl sites for hydroxylation is 1. The Morgan fingerprint density at radius 1 is 1.33 bits per heavy atom. The molecule has 1 aromatic rings. The van der Waals surface area contributed by atoms with Crippen LogP contribution in [0.2, 0.25) is 0 Å². The number of nitrogen functional groups attached to an aromatic ring is 1. The van der Waals surface area contributed by atoms with Crippen molar-refractivity contribution in [2.45, 2.75) is 57.9 Å². The van der Waals surface area contributed by atoms with Crippen molar-refractivity contribution in [3.63, 3.8) is 0 Å². The number of rotatable bonds is 6. The van der Waals surface area contributed by atoms with Gasteiger partial charge in [-0.05, 0) is 38.0 Å². The maximum atomic E-state index is 9.84. The molecule has 2 rings (SSSR count). The van der Waals surface area contributed by atoms with Crippen molar-refractivity contribution in [2.75, 3.05) is 17.3 Å². The summed E-state index contributed by atoms with van der Waals surface area (Å²) >= 11 is 0. The summed E-state index contributed by atoms with van der Waals surface area (Å²) in [7, 11) is 0. The minimum Gasteiger partial charge on any atom is -0.394 e. The van der Waals surface area contributed by atoms with Crippen LogP contribution >= 0.6 is 0 Å². The third-order valence-corrected chi connectivity index (χ3v) is 4.32. The fourth-order valence-corrected chi connectivity index (χ4v) is 2.88. The van der Waals surface area contributed by atoms with Gasteiger partial charge in [-0.25, -0.2) is 15.8 Å². The van der Waals surface area contributed by atoms with Gasteiger partial charge in [-0.15, -0.1) is 0 Å². The Bertz CT molecular complexity index is 457. The molecule has 0 amide bonds. The first kappa shape index (κ1) is 16.0. The third kappa shape index (κ3) is 4.04. The van der Waals surface area contributed by atoms with Crippen LogP contribution in [0.15, 0.2) is 6.07 Å². The Morgan fingerprint density at radius 2 is 2.00 bits per heavy atom. The smallest absolute Gasteiger partial charge is 0.145 e. The first-order chi connectivity index (χ1) is 10.1. The second-order valence-electron chi connectivity index (χ2n) is 6.19. The lowest BCUT2D eigenvalue weighted by atomic mass is 9.77. The molecule has 1 aliphatic carbocycles. The van der Waals surface area contributed by atoms with Gasteiger partial charge in [-0.1, -0.05) is 13.8 Å². The quantitative estimate of drug-likeness (QED) is 0.474. The van der Waals surface area contributed by atoms with Crippen molar-refractivity contribution >= 4 is 11.6 Å². The maximum absolute atomic E-state index is 9.84. The molecule has 1 heterocycles. The van der Waals surface area contributed by atoms with Gasteiger partial charge in [0.15, 0.2) is 0 Å². The Morgan fingerprint density at radius 3 is 2.57 bits per heavy atom. The molecule has 0 bridgehead atoms. The number of hydrogen-bond donors (Lipinski definition) is 4. The van der Waals surface area contributed by atoms with Gasteiger partial charge in [0.05, 0.1) is 12.1 Å². The van der Waals surface area contributed by atoms with E-state index in [1.165, 1.54) is 0 Å². The Kier molecular flexibility index (Phi) is 5.36. The second kappa shape index (κ2) is 7.04. The van der Waals surface area contributed by atoms with Crippen molar-refractivity contribution in [2.24, 2.45) is 11.8 Å². The van der Waals surface area contributed by atoms with E-state index in [0.717, 1.165) is 56.1 Å². The number of nitrogens with two attached hydrogens (primary N) is 1. The van der Waals surface area contributed by atoms with Gasteiger partial charge in [-0.3, -0.25) is 0 Å². The zero-order valence-electron chi connectivity index (χ0n) is 13.0. The highest BCUT2D eigenvalue weighted by Gasteiger charge is 2.34. The predicted molar refractivity (Wildman–Crippen MR) is 84.9 cm³/mol. The summed E-state index contributed by atoms with van der Waals surface area (Å²) in [4.78, 5) is 8.89. The van der Waals surface area contributed by atoms with Crippen LogP contribution in [-0.4, -0.2) is 27.2 Å². The molecule has 0 saturated heterocycles. The number of nitrogens with zero attached hydrogens (tertiary/aromatic N) is 2. The lowest BCUT2D eigenvalue weighted by Gasteiger charge is -2.39. The lowest BCUT2D eigenvalue weighted by Crippen LogP contribution is -2.45. The minimum atomic E-state index is -0.268. The van der Waals surface area contributed by atoms with Crippen molar-refractivity contribution < 1.29 is 5.11 Å². The molecule has 1 saturated carbocycles. The average molecular weight is 293 g/mol. The molecule has 0 atom stereocenters. The first-order valence-electron chi connectivity index (χ1n) is 7.84. The van der Waals surface area contributed by atoms with E-state index in [0.29, 0.717) is 5.82 Å². The first-order valence-corrected chi connectivity index (χ1v) is 7.84. The number of anilines is 2. The molecule has 0 unspecified atom stereocenters. The Balaban J connectivity index is 2.18. The van der Waals surface area contributed by atoms with E-state index in [1.54, 1.807) is 6.07 Å². The zero-order chi connectivity index (χ0) is 15.3. The number of hydrogen-bond acceptors (Lipinski definition) is 6. The van der Waals surface area contributed by atoms with Crippen molar-refractivity contribution in [3.05, 3.63) is 11.9 Å². The van der Waals surface area contributed by atoms with E-state index in [9.17, 15) is 5.11 Å². The normalized spacial score (nSPS) is 25.6.